The minimum atomic E-state index is -4.22. The first-order valence-electron chi connectivity index (χ1n) is 11.9. The largest absolute Gasteiger partial charge is 0.493 e. The van der Waals surface area contributed by atoms with Gasteiger partial charge in [-0.2, -0.15) is 8.42 Å². The maximum Gasteiger partial charge on any atom is 0.339 e. The number of unbranched alkanes of at least 4 members (excludes halogenated alkanes) is 1. The van der Waals surface area contributed by atoms with Crippen molar-refractivity contribution >= 4 is 16.0 Å². The van der Waals surface area contributed by atoms with E-state index in [1.54, 1.807) is 17.0 Å². The molecule has 8 heteroatoms. The summed E-state index contributed by atoms with van der Waals surface area (Å²) >= 11 is 0. The van der Waals surface area contributed by atoms with Gasteiger partial charge in [0.1, 0.15) is 10.7 Å². The highest BCUT2D eigenvalue weighted by Gasteiger charge is 2.22. The summed E-state index contributed by atoms with van der Waals surface area (Å²) in [5.41, 5.74) is 2.46. The minimum absolute atomic E-state index is 0.0178. The molecule has 3 aromatic carbocycles. The molecule has 0 aromatic heterocycles. The normalized spacial score (nSPS) is 11.4. The van der Waals surface area contributed by atoms with Gasteiger partial charge in [-0.25, -0.2) is 4.39 Å². The SMILES string of the molecule is CCCCc1ccc(C(=O)N(Cc2ccc(OC)c(OS(=O)(=O)c3ccc(F)cc3)c2)C(C)C)cc1. The highest BCUT2D eigenvalue weighted by molar-refractivity contribution is 7.87. The van der Waals surface area contributed by atoms with E-state index in [0.717, 1.165) is 43.5 Å². The third-order valence-corrected chi connectivity index (χ3v) is 7.04. The Labute approximate surface area is 212 Å². The van der Waals surface area contributed by atoms with Gasteiger partial charge in [0.2, 0.25) is 0 Å². The van der Waals surface area contributed by atoms with Crippen molar-refractivity contribution in [3.8, 4) is 11.5 Å². The van der Waals surface area contributed by atoms with Crippen molar-refractivity contribution in [3.63, 3.8) is 0 Å². The van der Waals surface area contributed by atoms with Crippen LogP contribution in [0.2, 0.25) is 0 Å². The topological polar surface area (TPSA) is 72.9 Å². The molecule has 192 valence electrons. The molecule has 0 saturated heterocycles. The van der Waals surface area contributed by atoms with Gasteiger partial charge in [-0.1, -0.05) is 31.5 Å². The van der Waals surface area contributed by atoms with E-state index in [2.05, 4.69) is 6.92 Å². The van der Waals surface area contributed by atoms with E-state index in [0.29, 0.717) is 11.1 Å². The Morgan fingerprint density at radius 1 is 0.944 bits per heavy atom. The molecule has 0 spiro atoms. The lowest BCUT2D eigenvalue weighted by Gasteiger charge is -2.27. The number of carbonyl (C=O) groups excluding carboxylic acids is 1. The van der Waals surface area contributed by atoms with Crippen LogP contribution < -0.4 is 8.92 Å². The fraction of sp³-hybridized carbons (Fsp3) is 0.321. The summed E-state index contributed by atoms with van der Waals surface area (Å²) in [6.45, 7) is 6.23. The molecule has 0 unspecified atom stereocenters. The van der Waals surface area contributed by atoms with Crippen LogP contribution in [-0.2, 0) is 23.1 Å². The van der Waals surface area contributed by atoms with Crippen LogP contribution in [0.5, 0.6) is 11.5 Å². The molecular weight excluding hydrogens is 481 g/mol. The Balaban J connectivity index is 1.84. The van der Waals surface area contributed by atoms with Gasteiger partial charge < -0.3 is 13.8 Å². The van der Waals surface area contributed by atoms with Crippen LogP contribution in [-0.4, -0.2) is 32.4 Å². The molecule has 0 radical (unpaired) electrons. The predicted molar refractivity (Wildman–Crippen MR) is 137 cm³/mol. The first-order valence-corrected chi connectivity index (χ1v) is 13.3. The van der Waals surface area contributed by atoms with Crippen LogP contribution in [0.4, 0.5) is 4.39 Å². The van der Waals surface area contributed by atoms with Gasteiger partial charge in [-0.15, -0.1) is 0 Å². The fourth-order valence-electron chi connectivity index (χ4n) is 3.70. The number of hydrogen-bond acceptors (Lipinski definition) is 5. The van der Waals surface area contributed by atoms with E-state index in [9.17, 15) is 17.6 Å². The first-order chi connectivity index (χ1) is 17.1. The smallest absolute Gasteiger partial charge is 0.339 e. The highest BCUT2D eigenvalue weighted by atomic mass is 32.2. The molecule has 1 amide bonds. The van der Waals surface area contributed by atoms with E-state index in [-0.39, 0.29) is 34.9 Å². The number of benzene rings is 3. The molecule has 0 aliphatic rings. The van der Waals surface area contributed by atoms with Crippen LogP contribution >= 0.6 is 0 Å². The molecule has 6 nitrogen and oxygen atoms in total. The van der Waals surface area contributed by atoms with Crippen LogP contribution in [0, 0.1) is 5.82 Å². The second-order valence-electron chi connectivity index (χ2n) is 8.80. The number of ether oxygens (including phenoxy) is 1. The summed E-state index contributed by atoms with van der Waals surface area (Å²) in [6.07, 6.45) is 3.19. The Bertz CT molecular complexity index is 1270. The van der Waals surface area contributed by atoms with Crippen molar-refractivity contribution in [1.82, 2.24) is 4.90 Å². The summed E-state index contributed by atoms with van der Waals surface area (Å²) in [6, 6.07) is 16.8. The summed E-state index contributed by atoms with van der Waals surface area (Å²) in [4.78, 5) is 14.8. The summed E-state index contributed by atoms with van der Waals surface area (Å²) < 4.78 is 49.3. The third kappa shape index (κ3) is 6.85. The molecule has 0 heterocycles. The average Bonchev–Trinajstić information content (AvgIpc) is 2.86. The summed E-state index contributed by atoms with van der Waals surface area (Å²) in [5, 5.41) is 0. The number of halogens is 1. The van der Waals surface area contributed by atoms with Gasteiger partial charge in [0.05, 0.1) is 7.11 Å². The highest BCUT2D eigenvalue weighted by Crippen LogP contribution is 2.32. The number of methoxy groups -OCH3 is 1. The van der Waals surface area contributed by atoms with Crippen molar-refractivity contribution in [1.29, 1.82) is 0 Å². The van der Waals surface area contributed by atoms with Crippen molar-refractivity contribution in [2.45, 2.75) is 57.5 Å². The van der Waals surface area contributed by atoms with Crippen molar-refractivity contribution < 1.29 is 26.5 Å². The number of hydrogen-bond donors (Lipinski definition) is 0. The zero-order chi connectivity index (χ0) is 26.3. The molecule has 0 fully saturated rings. The van der Waals surface area contributed by atoms with Crippen LogP contribution in [0.25, 0.3) is 0 Å². The fourth-order valence-corrected chi connectivity index (χ4v) is 4.63. The van der Waals surface area contributed by atoms with Gasteiger partial charge in [-0.3, -0.25) is 4.79 Å². The lowest BCUT2D eigenvalue weighted by atomic mass is 10.0. The van der Waals surface area contributed by atoms with Gasteiger partial charge in [-0.05, 0) is 86.3 Å². The zero-order valence-corrected chi connectivity index (χ0v) is 21.8. The van der Waals surface area contributed by atoms with Gasteiger partial charge in [0, 0.05) is 18.2 Å². The molecule has 0 saturated carbocycles. The Morgan fingerprint density at radius 2 is 1.58 bits per heavy atom. The molecule has 0 bridgehead atoms. The van der Waals surface area contributed by atoms with E-state index >= 15 is 0 Å². The van der Waals surface area contributed by atoms with E-state index in [4.69, 9.17) is 8.92 Å². The Hall–Kier alpha value is -3.39. The lowest BCUT2D eigenvalue weighted by molar-refractivity contribution is 0.0690. The minimum Gasteiger partial charge on any atom is -0.493 e. The number of rotatable bonds is 11. The van der Waals surface area contributed by atoms with Crippen LogP contribution in [0.3, 0.4) is 0 Å². The van der Waals surface area contributed by atoms with Crippen molar-refractivity contribution in [2.24, 2.45) is 0 Å². The number of aryl methyl sites for hydroxylation is 1. The number of amides is 1. The second kappa shape index (κ2) is 12.0. The standard InChI is InChI=1S/C28H32FNO5S/c1-5-6-7-21-8-11-23(12-9-21)28(31)30(20(2)3)19-22-10-17-26(34-4)27(18-22)35-36(32,33)25-15-13-24(29)14-16-25/h8-18,20H,5-7,19H2,1-4H3. The molecule has 0 atom stereocenters. The van der Waals surface area contributed by atoms with Crippen molar-refractivity contribution in [2.75, 3.05) is 7.11 Å². The monoisotopic (exact) mass is 513 g/mol. The van der Waals surface area contributed by atoms with E-state index < -0.39 is 15.9 Å². The van der Waals surface area contributed by atoms with Gasteiger partial charge in [0.25, 0.3) is 5.91 Å². The van der Waals surface area contributed by atoms with Gasteiger partial charge >= 0.3 is 10.1 Å². The zero-order valence-electron chi connectivity index (χ0n) is 21.0. The molecule has 0 aliphatic carbocycles. The van der Waals surface area contributed by atoms with E-state index in [1.807, 2.05) is 38.1 Å². The molecular formula is C28H32FNO5S. The van der Waals surface area contributed by atoms with Crippen molar-refractivity contribution in [3.05, 3.63) is 89.2 Å². The third-order valence-electron chi connectivity index (χ3n) is 5.79. The average molecular weight is 514 g/mol. The number of carbonyl (C=O) groups is 1. The predicted octanol–water partition coefficient (Wildman–Crippen LogP) is 6.00. The molecule has 36 heavy (non-hydrogen) atoms. The molecule has 0 aliphatic heterocycles. The maximum atomic E-state index is 13.3. The van der Waals surface area contributed by atoms with E-state index in [1.165, 1.54) is 18.7 Å². The van der Waals surface area contributed by atoms with Crippen LogP contribution in [0.1, 0.15) is 55.1 Å². The first kappa shape index (κ1) is 27.2. The Morgan fingerprint density at radius 3 is 2.17 bits per heavy atom. The second-order valence-corrected chi connectivity index (χ2v) is 10.4. The molecule has 3 aromatic rings. The lowest BCUT2D eigenvalue weighted by Crippen LogP contribution is -2.36. The summed E-state index contributed by atoms with van der Waals surface area (Å²) in [5.74, 6) is -0.475. The quantitative estimate of drug-likeness (QED) is 0.294. The summed E-state index contributed by atoms with van der Waals surface area (Å²) in [7, 11) is -2.82. The maximum absolute atomic E-state index is 13.3. The number of nitrogens with zero attached hydrogens (tertiary/aromatic N) is 1. The molecule has 0 N–H and O–H groups in total. The Kier molecular flexibility index (Phi) is 9.09. The van der Waals surface area contributed by atoms with Gasteiger partial charge in [0.15, 0.2) is 11.5 Å². The van der Waals surface area contributed by atoms with Crippen LogP contribution in [0.15, 0.2) is 71.6 Å². The molecule has 3 rings (SSSR count).